The summed E-state index contributed by atoms with van der Waals surface area (Å²) < 4.78 is 5.75. The topological polar surface area (TPSA) is 58.6 Å². The first-order chi connectivity index (χ1) is 14.7. The smallest absolute Gasteiger partial charge is 0.261 e. The summed E-state index contributed by atoms with van der Waals surface area (Å²) in [6, 6.07) is 14.4. The predicted octanol–water partition coefficient (Wildman–Crippen LogP) is 5.17. The highest BCUT2D eigenvalue weighted by molar-refractivity contribution is 6.31. The lowest BCUT2D eigenvalue weighted by Crippen LogP contribution is -2.51. The van der Waals surface area contributed by atoms with Gasteiger partial charge in [-0.2, -0.15) is 0 Å². The number of amides is 2. The van der Waals surface area contributed by atoms with Gasteiger partial charge in [-0.3, -0.25) is 9.59 Å². The summed E-state index contributed by atoms with van der Waals surface area (Å²) in [5.74, 6) is 0.597. The Bertz CT molecular complexity index is 865. The van der Waals surface area contributed by atoms with Crippen molar-refractivity contribution in [1.29, 1.82) is 0 Å². The lowest BCUT2D eigenvalue weighted by molar-refractivity contribution is -0.143. The molecule has 2 aromatic carbocycles. The first-order valence-electron chi connectivity index (χ1n) is 10.8. The molecule has 6 heteroatoms. The number of ether oxygens (including phenoxy) is 1. The van der Waals surface area contributed by atoms with E-state index in [1.807, 2.05) is 63.2 Å². The third kappa shape index (κ3) is 7.28. The summed E-state index contributed by atoms with van der Waals surface area (Å²) in [5.41, 5.74) is 1.99. The molecule has 0 radical (unpaired) electrons. The van der Waals surface area contributed by atoms with Gasteiger partial charge in [0.1, 0.15) is 11.8 Å². The van der Waals surface area contributed by atoms with Gasteiger partial charge in [0.15, 0.2) is 6.61 Å². The Morgan fingerprint density at radius 1 is 1.03 bits per heavy atom. The summed E-state index contributed by atoms with van der Waals surface area (Å²) in [6.07, 6.45) is 0.484. The maximum Gasteiger partial charge on any atom is 0.261 e. The van der Waals surface area contributed by atoms with Crippen molar-refractivity contribution in [3.05, 3.63) is 64.7 Å². The largest absolute Gasteiger partial charge is 0.484 e. The predicted molar refractivity (Wildman–Crippen MR) is 125 cm³/mol. The highest BCUT2D eigenvalue weighted by Crippen LogP contribution is 2.21. The lowest BCUT2D eigenvalue weighted by Gasteiger charge is -2.31. The first kappa shape index (κ1) is 24.7. The van der Waals surface area contributed by atoms with Crippen molar-refractivity contribution < 1.29 is 14.3 Å². The van der Waals surface area contributed by atoms with E-state index in [-0.39, 0.29) is 31.0 Å². The SMILES string of the molecule is CC[C@@H](C(=O)NC(C)C)N(Cc1ccccc1Cl)C(=O)COc1ccc(C(C)C)cc1. The van der Waals surface area contributed by atoms with E-state index >= 15 is 0 Å². The molecular formula is C25H33ClN2O3. The van der Waals surface area contributed by atoms with Gasteiger partial charge < -0.3 is 15.0 Å². The van der Waals surface area contributed by atoms with Gasteiger partial charge in [-0.1, -0.05) is 62.7 Å². The third-order valence-electron chi connectivity index (χ3n) is 5.02. The number of halogens is 1. The summed E-state index contributed by atoms with van der Waals surface area (Å²) in [6.45, 7) is 10.0. The number of hydrogen-bond acceptors (Lipinski definition) is 3. The Labute approximate surface area is 190 Å². The quantitative estimate of drug-likeness (QED) is 0.549. The number of nitrogens with one attached hydrogen (secondary N) is 1. The number of hydrogen-bond donors (Lipinski definition) is 1. The van der Waals surface area contributed by atoms with Gasteiger partial charge in [0.05, 0.1) is 0 Å². The molecule has 0 aromatic heterocycles. The van der Waals surface area contributed by atoms with E-state index in [0.717, 1.165) is 5.56 Å². The molecule has 2 aromatic rings. The van der Waals surface area contributed by atoms with Crippen LogP contribution in [0.4, 0.5) is 0 Å². The fourth-order valence-electron chi connectivity index (χ4n) is 3.29. The van der Waals surface area contributed by atoms with E-state index < -0.39 is 6.04 Å². The van der Waals surface area contributed by atoms with Crippen molar-refractivity contribution in [2.45, 2.75) is 65.6 Å². The average Bonchev–Trinajstić information content (AvgIpc) is 2.73. The summed E-state index contributed by atoms with van der Waals surface area (Å²) in [5, 5.41) is 3.47. The van der Waals surface area contributed by atoms with Crippen LogP contribution in [0.2, 0.25) is 5.02 Å². The second kappa shape index (κ2) is 11.8. The number of rotatable bonds is 10. The Balaban J connectivity index is 2.20. The molecule has 0 aliphatic carbocycles. The number of benzene rings is 2. The van der Waals surface area contributed by atoms with Crippen LogP contribution in [0.3, 0.4) is 0 Å². The molecule has 0 unspecified atom stereocenters. The van der Waals surface area contributed by atoms with Crippen LogP contribution in [-0.2, 0) is 16.1 Å². The molecule has 5 nitrogen and oxygen atoms in total. The van der Waals surface area contributed by atoms with E-state index in [4.69, 9.17) is 16.3 Å². The molecule has 0 spiro atoms. The van der Waals surface area contributed by atoms with E-state index in [2.05, 4.69) is 19.2 Å². The molecule has 0 aliphatic rings. The van der Waals surface area contributed by atoms with Crippen LogP contribution in [0.25, 0.3) is 0 Å². The van der Waals surface area contributed by atoms with Crippen LogP contribution in [0.1, 0.15) is 58.1 Å². The molecule has 2 amide bonds. The average molecular weight is 445 g/mol. The van der Waals surface area contributed by atoms with Crippen molar-refractivity contribution in [2.75, 3.05) is 6.61 Å². The van der Waals surface area contributed by atoms with Crippen LogP contribution >= 0.6 is 11.6 Å². The summed E-state index contributed by atoms with van der Waals surface area (Å²) >= 11 is 6.33. The van der Waals surface area contributed by atoms with Crippen molar-refractivity contribution in [3.8, 4) is 5.75 Å². The van der Waals surface area contributed by atoms with Gasteiger partial charge in [-0.05, 0) is 55.5 Å². The second-order valence-corrected chi connectivity index (χ2v) is 8.62. The maximum absolute atomic E-state index is 13.2. The van der Waals surface area contributed by atoms with Crippen LogP contribution in [-0.4, -0.2) is 35.4 Å². The van der Waals surface area contributed by atoms with E-state index in [1.54, 1.807) is 11.0 Å². The Morgan fingerprint density at radius 3 is 2.23 bits per heavy atom. The molecule has 1 N–H and O–H groups in total. The van der Waals surface area contributed by atoms with Crippen LogP contribution in [0, 0.1) is 0 Å². The molecule has 0 saturated heterocycles. The molecule has 0 aliphatic heterocycles. The van der Waals surface area contributed by atoms with E-state index in [9.17, 15) is 9.59 Å². The van der Waals surface area contributed by atoms with Gasteiger partial charge in [0, 0.05) is 17.6 Å². The van der Waals surface area contributed by atoms with Crippen LogP contribution in [0.15, 0.2) is 48.5 Å². The molecule has 2 rings (SSSR count). The third-order valence-corrected chi connectivity index (χ3v) is 5.39. The van der Waals surface area contributed by atoms with E-state index in [1.165, 1.54) is 5.56 Å². The fourth-order valence-corrected chi connectivity index (χ4v) is 3.48. The zero-order valence-corrected chi connectivity index (χ0v) is 19.8. The normalized spacial score (nSPS) is 12.0. The van der Waals surface area contributed by atoms with Gasteiger partial charge in [-0.25, -0.2) is 0 Å². The molecule has 0 saturated carbocycles. The minimum atomic E-state index is -0.613. The van der Waals surface area contributed by atoms with Gasteiger partial charge >= 0.3 is 0 Å². The molecule has 168 valence electrons. The van der Waals surface area contributed by atoms with Crippen LogP contribution in [0.5, 0.6) is 5.75 Å². The van der Waals surface area contributed by atoms with Crippen molar-refractivity contribution in [1.82, 2.24) is 10.2 Å². The fraction of sp³-hybridized carbons (Fsp3) is 0.440. The Hall–Kier alpha value is -2.53. The Morgan fingerprint density at radius 2 is 1.68 bits per heavy atom. The number of carbonyl (C=O) groups is 2. The number of nitrogens with zero attached hydrogens (tertiary/aromatic N) is 1. The summed E-state index contributed by atoms with van der Waals surface area (Å²) in [7, 11) is 0. The standard InChI is InChI=1S/C25H33ClN2O3/c1-6-23(25(30)27-18(4)5)28(15-20-9-7-8-10-22(20)26)24(29)16-31-21-13-11-19(12-14-21)17(2)3/h7-14,17-18,23H,6,15-16H2,1-5H3,(H,27,30)/t23-/m0/s1. The van der Waals surface area contributed by atoms with Gasteiger partial charge in [0.25, 0.3) is 5.91 Å². The summed E-state index contributed by atoms with van der Waals surface area (Å²) in [4.78, 5) is 27.5. The minimum absolute atomic E-state index is 0.0189. The second-order valence-electron chi connectivity index (χ2n) is 8.21. The first-order valence-corrected chi connectivity index (χ1v) is 11.2. The molecule has 1 atom stereocenters. The van der Waals surface area contributed by atoms with Crippen molar-refractivity contribution in [3.63, 3.8) is 0 Å². The maximum atomic E-state index is 13.2. The molecule has 0 fully saturated rings. The molecule has 31 heavy (non-hydrogen) atoms. The van der Waals surface area contributed by atoms with Crippen molar-refractivity contribution in [2.24, 2.45) is 0 Å². The zero-order valence-electron chi connectivity index (χ0n) is 19.0. The minimum Gasteiger partial charge on any atom is -0.484 e. The highest BCUT2D eigenvalue weighted by Gasteiger charge is 2.29. The van der Waals surface area contributed by atoms with Crippen molar-refractivity contribution >= 4 is 23.4 Å². The zero-order chi connectivity index (χ0) is 23.0. The van der Waals surface area contributed by atoms with Gasteiger partial charge in [-0.15, -0.1) is 0 Å². The molecule has 0 heterocycles. The Kier molecular flexibility index (Phi) is 9.38. The van der Waals surface area contributed by atoms with Crippen LogP contribution < -0.4 is 10.1 Å². The van der Waals surface area contributed by atoms with Gasteiger partial charge in [0.2, 0.25) is 5.91 Å². The molecular weight excluding hydrogens is 412 g/mol. The highest BCUT2D eigenvalue weighted by atomic mass is 35.5. The molecule has 0 bridgehead atoms. The lowest BCUT2D eigenvalue weighted by atomic mass is 10.0. The van der Waals surface area contributed by atoms with E-state index in [0.29, 0.717) is 23.1 Å². The number of carbonyl (C=O) groups excluding carboxylic acids is 2. The monoisotopic (exact) mass is 444 g/mol.